The first-order chi connectivity index (χ1) is 19.3. The molecule has 6 rings (SSSR count). The van der Waals surface area contributed by atoms with Gasteiger partial charge in [-0.15, -0.1) is 0 Å². The molecule has 0 saturated carbocycles. The molecular weight excluding hydrogens is 490 g/mol. The third kappa shape index (κ3) is 4.01. The lowest BCUT2D eigenvalue weighted by molar-refractivity contribution is -0.557. The van der Waals surface area contributed by atoms with E-state index in [4.69, 9.17) is 11.0 Å². The van der Waals surface area contributed by atoms with Gasteiger partial charge in [0.1, 0.15) is 16.8 Å². The quantitative estimate of drug-likeness (QED) is 0.163. The van der Waals surface area contributed by atoms with Gasteiger partial charge in [0.05, 0.1) is 19.9 Å². The molecule has 0 amide bonds. The van der Waals surface area contributed by atoms with E-state index in [-0.39, 0.29) is 11.8 Å². The lowest BCUT2D eigenvalue weighted by atomic mass is 9.88. The molecule has 0 spiro atoms. The van der Waals surface area contributed by atoms with Crippen LogP contribution in [0.2, 0.25) is 0 Å². The molecule has 2 aromatic heterocycles. The van der Waals surface area contributed by atoms with Crippen molar-refractivity contribution in [3.05, 3.63) is 113 Å². The van der Waals surface area contributed by atoms with Crippen LogP contribution in [0.15, 0.2) is 89.5 Å². The summed E-state index contributed by atoms with van der Waals surface area (Å²) >= 11 is 0. The van der Waals surface area contributed by atoms with Crippen LogP contribution in [0.3, 0.4) is 0 Å². The van der Waals surface area contributed by atoms with E-state index in [0.29, 0.717) is 5.69 Å². The van der Waals surface area contributed by atoms with E-state index in [0.717, 1.165) is 39.0 Å². The Morgan fingerprint density at radius 1 is 0.825 bits per heavy atom. The summed E-state index contributed by atoms with van der Waals surface area (Å²) in [6.07, 6.45) is 1.77. The van der Waals surface area contributed by atoms with Gasteiger partial charge in [0.15, 0.2) is 16.7 Å². The molecular formula is C36H34N3O+. The predicted molar refractivity (Wildman–Crippen MR) is 164 cm³/mol. The van der Waals surface area contributed by atoms with Gasteiger partial charge in [-0.1, -0.05) is 76.2 Å². The van der Waals surface area contributed by atoms with Gasteiger partial charge in [0, 0.05) is 16.5 Å². The van der Waals surface area contributed by atoms with Crippen molar-refractivity contribution in [2.45, 2.75) is 46.5 Å². The molecule has 0 aliphatic rings. The van der Waals surface area contributed by atoms with Crippen LogP contribution in [0, 0.1) is 13.5 Å². The Morgan fingerprint density at radius 3 is 2.17 bits per heavy atom. The SMILES string of the molecule is [C-]#[N+]c1ccc2c(c1)n(C)c(-c1c(C)ccc3ccoc13)[n+]2-c1c(C(C)C)cc(-c2ccccc2)cc1C(C)C. The van der Waals surface area contributed by atoms with Gasteiger partial charge in [-0.05, 0) is 65.8 Å². The van der Waals surface area contributed by atoms with Crippen LogP contribution in [0.4, 0.5) is 5.69 Å². The van der Waals surface area contributed by atoms with Crippen molar-refractivity contribution < 1.29 is 8.98 Å². The van der Waals surface area contributed by atoms with Crippen LogP contribution in [0.25, 0.3) is 55.0 Å². The maximum Gasteiger partial charge on any atom is 0.298 e. The number of hydrogen-bond acceptors (Lipinski definition) is 1. The second-order valence-corrected chi connectivity index (χ2v) is 11.3. The lowest BCUT2D eigenvalue weighted by Gasteiger charge is -2.21. The number of furan rings is 1. The molecule has 0 atom stereocenters. The monoisotopic (exact) mass is 524 g/mol. The molecule has 4 nitrogen and oxygen atoms in total. The van der Waals surface area contributed by atoms with Crippen molar-refractivity contribution in [1.82, 2.24) is 4.57 Å². The van der Waals surface area contributed by atoms with Crippen molar-refractivity contribution in [2.75, 3.05) is 0 Å². The predicted octanol–water partition coefficient (Wildman–Crippen LogP) is 9.64. The van der Waals surface area contributed by atoms with Crippen LogP contribution < -0.4 is 4.57 Å². The van der Waals surface area contributed by atoms with Crippen LogP contribution in [-0.4, -0.2) is 4.57 Å². The molecule has 0 aliphatic carbocycles. The minimum Gasteiger partial charge on any atom is -0.463 e. The summed E-state index contributed by atoms with van der Waals surface area (Å²) in [6.45, 7) is 18.9. The molecule has 0 fully saturated rings. The lowest BCUT2D eigenvalue weighted by Crippen LogP contribution is -2.36. The Labute approximate surface area is 235 Å². The van der Waals surface area contributed by atoms with E-state index in [9.17, 15) is 0 Å². The van der Waals surface area contributed by atoms with Gasteiger partial charge in [-0.3, -0.25) is 0 Å². The van der Waals surface area contributed by atoms with Crippen molar-refractivity contribution in [2.24, 2.45) is 7.05 Å². The summed E-state index contributed by atoms with van der Waals surface area (Å²) in [7, 11) is 2.10. The molecule has 0 unspecified atom stereocenters. The average Bonchev–Trinajstić information content (AvgIpc) is 3.55. The van der Waals surface area contributed by atoms with E-state index < -0.39 is 0 Å². The first kappa shape index (κ1) is 25.6. The van der Waals surface area contributed by atoms with Gasteiger partial charge in [-0.2, -0.15) is 4.57 Å². The molecule has 2 heterocycles. The Hall–Kier alpha value is -4.62. The molecule has 4 aromatic carbocycles. The van der Waals surface area contributed by atoms with Crippen LogP contribution in [-0.2, 0) is 7.05 Å². The zero-order chi connectivity index (χ0) is 28.1. The number of aromatic nitrogens is 2. The number of aryl methyl sites for hydroxylation is 2. The highest BCUT2D eigenvalue weighted by Gasteiger charge is 2.33. The van der Waals surface area contributed by atoms with E-state index in [1.807, 2.05) is 18.2 Å². The molecule has 0 bridgehead atoms. The van der Waals surface area contributed by atoms with Crippen LogP contribution >= 0.6 is 0 Å². The summed E-state index contributed by atoms with van der Waals surface area (Å²) in [5.74, 6) is 1.62. The van der Waals surface area contributed by atoms with Gasteiger partial charge in [0.2, 0.25) is 0 Å². The van der Waals surface area contributed by atoms with Crippen molar-refractivity contribution >= 4 is 27.7 Å². The highest BCUT2D eigenvalue weighted by Crippen LogP contribution is 2.39. The normalized spacial score (nSPS) is 11.7. The number of rotatable bonds is 5. The fraction of sp³-hybridized carbons (Fsp3) is 0.222. The number of benzene rings is 4. The molecule has 0 radical (unpaired) electrons. The summed E-state index contributed by atoms with van der Waals surface area (Å²) in [4.78, 5) is 3.75. The Morgan fingerprint density at radius 2 is 1.52 bits per heavy atom. The average molecular weight is 525 g/mol. The topological polar surface area (TPSA) is 26.3 Å². The Bertz CT molecular complexity index is 1900. The maximum absolute atomic E-state index is 7.68. The molecule has 6 aromatic rings. The van der Waals surface area contributed by atoms with Gasteiger partial charge < -0.3 is 4.42 Å². The zero-order valence-corrected chi connectivity index (χ0v) is 24.0. The summed E-state index contributed by atoms with van der Waals surface area (Å²) in [6, 6.07) is 27.7. The number of fused-ring (bicyclic) bond motifs is 2. The number of nitrogens with zero attached hydrogens (tertiary/aromatic N) is 3. The summed E-state index contributed by atoms with van der Waals surface area (Å²) in [5, 5.41) is 1.08. The fourth-order valence-corrected chi connectivity index (χ4v) is 5.95. The first-order valence-corrected chi connectivity index (χ1v) is 13.9. The van der Waals surface area contributed by atoms with Gasteiger partial charge >= 0.3 is 0 Å². The van der Waals surface area contributed by atoms with Gasteiger partial charge in [0.25, 0.3) is 5.82 Å². The first-order valence-electron chi connectivity index (χ1n) is 13.9. The molecule has 198 valence electrons. The van der Waals surface area contributed by atoms with E-state index in [1.54, 1.807) is 6.26 Å². The highest BCUT2D eigenvalue weighted by atomic mass is 16.3. The Balaban J connectivity index is 1.81. The standard InChI is InChI=1S/C36H34N3O/c1-22(2)29-19-27(25-11-9-8-10-12-25)20-30(23(3)4)34(29)39-31-16-15-28(37-6)21-32(31)38(7)36(39)33-24(5)13-14-26-17-18-40-35(26)33/h8-23H,1-5,7H3/q+1. The minimum absolute atomic E-state index is 0.287. The van der Waals surface area contributed by atoms with E-state index in [1.165, 1.54) is 27.9 Å². The maximum atomic E-state index is 7.68. The molecule has 4 heteroatoms. The molecule has 0 aliphatic heterocycles. The van der Waals surface area contributed by atoms with Crippen molar-refractivity contribution in [3.8, 4) is 28.2 Å². The second-order valence-electron chi connectivity index (χ2n) is 11.3. The molecule has 0 saturated heterocycles. The Kier molecular flexibility index (Phi) is 6.31. The second kappa shape index (κ2) is 9.84. The fourth-order valence-electron chi connectivity index (χ4n) is 5.95. The molecule has 40 heavy (non-hydrogen) atoms. The van der Waals surface area contributed by atoms with Gasteiger partial charge in [-0.25, -0.2) is 9.41 Å². The van der Waals surface area contributed by atoms with Crippen LogP contribution in [0.1, 0.15) is 56.2 Å². The largest absolute Gasteiger partial charge is 0.463 e. The smallest absolute Gasteiger partial charge is 0.298 e. The van der Waals surface area contributed by atoms with E-state index >= 15 is 0 Å². The summed E-state index contributed by atoms with van der Waals surface area (Å²) in [5.41, 5.74) is 12.1. The molecule has 0 N–H and O–H groups in total. The minimum atomic E-state index is 0.287. The number of imidazole rings is 1. The van der Waals surface area contributed by atoms with Crippen LogP contribution in [0.5, 0.6) is 0 Å². The van der Waals surface area contributed by atoms with E-state index in [2.05, 4.69) is 116 Å². The third-order valence-corrected chi connectivity index (χ3v) is 8.02. The highest BCUT2D eigenvalue weighted by molar-refractivity contribution is 5.94. The van der Waals surface area contributed by atoms with Crippen molar-refractivity contribution in [1.29, 1.82) is 0 Å². The van der Waals surface area contributed by atoms with Crippen molar-refractivity contribution in [3.63, 3.8) is 0 Å². The summed E-state index contributed by atoms with van der Waals surface area (Å²) < 4.78 is 10.8. The zero-order valence-electron chi connectivity index (χ0n) is 24.0. The number of hydrogen-bond donors (Lipinski definition) is 0. The third-order valence-electron chi connectivity index (χ3n) is 8.02.